The van der Waals surface area contributed by atoms with Crippen LogP contribution in [-0.4, -0.2) is 19.5 Å². The van der Waals surface area contributed by atoms with Crippen LogP contribution >= 0.6 is 27.7 Å². The average Bonchev–Trinajstić information content (AvgIpc) is 3.10. The molecule has 0 aliphatic carbocycles. The van der Waals surface area contributed by atoms with Crippen LogP contribution in [0.25, 0.3) is 16.6 Å². The van der Waals surface area contributed by atoms with Crippen LogP contribution in [0.1, 0.15) is 18.0 Å². The molecule has 2 heterocycles. The molecule has 0 radical (unpaired) electrons. The molecular formula is C19H15BrN4OS. The van der Waals surface area contributed by atoms with Gasteiger partial charge in [-0.25, -0.2) is 9.97 Å². The van der Waals surface area contributed by atoms with Crippen molar-refractivity contribution in [2.45, 2.75) is 17.3 Å². The number of benzene rings is 2. The van der Waals surface area contributed by atoms with Crippen molar-refractivity contribution in [3.8, 4) is 5.69 Å². The number of hydrogen-bond donors (Lipinski definition) is 1. The molecule has 4 rings (SSSR count). The number of imidazole rings is 1. The summed E-state index contributed by atoms with van der Waals surface area (Å²) < 4.78 is 3.05. The Balaban J connectivity index is 1.65. The van der Waals surface area contributed by atoms with Crippen molar-refractivity contribution in [3.05, 3.63) is 81.6 Å². The van der Waals surface area contributed by atoms with Crippen molar-refractivity contribution >= 4 is 38.6 Å². The summed E-state index contributed by atoms with van der Waals surface area (Å²) in [7, 11) is 0. The Labute approximate surface area is 162 Å². The fraction of sp³-hybridized carbons (Fsp3) is 0.105. The van der Waals surface area contributed by atoms with Crippen LogP contribution in [0.5, 0.6) is 0 Å². The third kappa shape index (κ3) is 3.32. The van der Waals surface area contributed by atoms with E-state index in [4.69, 9.17) is 0 Å². The number of halogens is 1. The third-order valence-corrected chi connectivity index (χ3v) is 5.63. The molecular weight excluding hydrogens is 412 g/mol. The van der Waals surface area contributed by atoms with Gasteiger partial charge in [0.05, 0.1) is 16.2 Å². The number of aromatic nitrogens is 4. The number of nitrogens with one attached hydrogen (secondary N) is 1. The van der Waals surface area contributed by atoms with Crippen molar-refractivity contribution in [2.75, 3.05) is 0 Å². The van der Waals surface area contributed by atoms with Gasteiger partial charge in [-0.15, -0.1) is 0 Å². The summed E-state index contributed by atoms with van der Waals surface area (Å²) in [6.07, 6.45) is 3.70. The van der Waals surface area contributed by atoms with Gasteiger partial charge in [-0.1, -0.05) is 39.8 Å². The van der Waals surface area contributed by atoms with Gasteiger partial charge in [-0.3, -0.25) is 9.36 Å². The Kier molecular flexibility index (Phi) is 4.65. The molecule has 0 aliphatic rings. The Bertz CT molecular complexity index is 1120. The van der Waals surface area contributed by atoms with Gasteiger partial charge < -0.3 is 4.98 Å². The van der Waals surface area contributed by atoms with Crippen LogP contribution in [0.4, 0.5) is 0 Å². The number of fused-ring (bicyclic) bond motifs is 1. The number of para-hydroxylation sites is 1. The zero-order chi connectivity index (χ0) is 18.1. The molecule has 1 atom stereocenters. The summed E-state index contributed by atoms with van der Waals surface area (Å²) in [4.78, 5) is 24.3. The number of aromatic amines is 1. The van der Waals surface area contributed by atoms with Crippen molar-refractivity contribution in [1.82, 2.24) is 19.5 Å². The monoisotopic (exact) mass is 426 g/mol. The van der Waals surface area contributed by atoms with E-state index in [9.17, 15) is 4.79 Å². The van der Waals surface area contributed by atoms with Crippen molar-refractivity contribution in [1.29, 1.82) is 0 Å². The first-order chi connectivity index (χ1) is 12.6. The number of thioether (sulfide) groups is 1. The Morgan fingerprint density at radius 3 is 2.73 bits per heavy atom. The van der Waals surface area contributed by atoms with Crippen LogP contribution < -0.4 is 5.56 Å². The van der Waals surface area contributed by atoms with Gasteiger partial charge >= 0.3 is 0 Å². The number of nitrogens with zero attached hydrogens (tertiary/aromatic N) is 3. The standard InChI is InChI=1S/C19H15BrN4OS/c1-12(17-22-16-5-3-2-4-15(16)18(25)23-17)26-19-21-10-11-24(19)14-8-6-13(20)7-9-14/h2-12H,1H3,(H,22,23,25). The maximum Gasteiger partial charge on any atom is 0.258 e. The molecule has 0 bridgehead atoms. The van der Waals surface area contributed by atoms with Crippen molar-refractivity contribution < 1.29 is 0 Å². The predicted molar refractivity (Wildman–Crippen MR) is 108 cm³/mol. The summed E-state index contributed by atoms with van der Waals surface area (Å²) in [5, 5.41) is 1.39. The lowest BCUT2D eigenvalue weighted by Gasteiger charge is -2.13. The molecule has 0 aliphatic heterocycles. The molecule has 1 unspecified atom stereocenters. The van der Waals surface area contributed by atoms with Crippen LogP contribution in [0.2, 0.25) is 0 Å². The number of H-pyrrole nitrogens is 1. The highest BCUT2D eigenvalue weighted by Crippen LogP contribution is 2.33. The lowest BCUT2D eigenvalue weighted by molar-refractivity contribution is 0.869. The molecule has 0 saturated heterocycles. The molecule has 1 N–H and O–H groups in total. The second-order valence-electron chi connectivity index (χ2n) is 5.78. The zero-order valence-corrected chi connectivity index (χ0v) is 16.3. The van der Waals surface area contributed by atoms with E-state index in [1.54, 1.807) is 24.0 Å². The third-order valence-electron chi connectivity index (χ3n) is 4.01. The molecule has 0 spiro atoms. The number of rotatable bonds is 4. The smallest absolute Gasteiger partial charge is 0.258 e. The van der Waals surface area contributed by atoms with Crippen molar-refractivity contribution in [2.24, 2.45) is 0 Å². The predicted octanol–water partition coefficient (Wildman–Crippen LogP) is 4.72. The second kappa shape index (κ2) is 7.09. The first-order valence-corrected chi connectivity index (χ1v) is 9.74. The van der Waals surface area contributed by atoms with Gasteiger partial charge in [0.1, 0.15) is 5.82 Å². The van der Waals surface area contributed by atoms with Crippen molar-refractivity contribution in [3.63, 3.8) is 0 Å². The van der Waals surface area contributed by atoms with E-state index in [0.717, 1.165) is 15.3 Å². The SMILES string of the molecule is CC(Sc1nccn1-c1ccc(Br)cc1)c1nc2ccccc2c(=O)[nH]1. The molecule has 26 heavy (non-hydrogen) atoms. The van der Waals surface area contributed by atoms with Gasteiger partial charge in [0, 0.05) is 22.6 Å². The summed E-state index contributed by atoms with van der Waals surface area (Å²) in [6.45, 7) is 2.01. The molecule has 4 aromatic rings. The summed E-state index contributed by atoms with van der Waals surface area (Å²) >= 11 is 5.01. The quantitative estimate of drug-likeness (QED) is 0.479. The Morgan fingerprint density at radius 1 is 1.15 bits per heavy atom. The van der Waals surface area contributed by atoms with Gasteiger partial charge in [0.2, 0.25) is 0 Å². The highest BCUT2D eigenvalue weighted by molar-refractivity contribution is 9.10. The highest BCUT2D eigenvalue weighted by atomic mass is 79.9. The summed E-state index contributed by atoms with van der Waals surface area (Å²) in [6, 6.07) is 15.4. The van der Waals surface area contributed by atoms with Gasteiger partial charge in [-0.2, -0.15) is 0 Å². The van der Waals surface area contributed by atoms with Gasteiger partial charge in [-0.05, 0) is 43.3 Å². The van der Waals surface area contributed by atoms with Crippen LogP contribution in [0.15, 0.2) is 75.3 Å². The van der Waals surface area contributed by atoms with E-state index in [1.165, 1.54) is 0 Å². The number of hydrogen-bond acceptors (Lipinski definition) is 4. The van der Waals surface area contributed by atoms with E-state index >= 15 is 0 Å². The molecule has 7 heteroatoms. The lowest BCUT2D eigenvalue weighted by Crippen LogP contribution is -2.13. The van der Waals surface area contributed by atoms with Crippen LogP contribution in [0.3, 0.4) is 0 Å². The molecule has 5 nitrogen and oxygen atoms in total. The minimum Gasteiger partial charge on any atom is -0.309 e. The minimum absolute atomic E-state index is 0.0519. The molecule has 2 aromatic heterocycles. The minimum atomic E-state index is -0.116. The summed E-state index contributed by atoms with van der Waals surface area (Å²) in [5.74, 6) is 0.643. The first kappa shape index (κ1) is 17.1. The van der Waals surface area contributed by atoms with Crippen LogP contribution in [-0.2, 0) is 0 Å². The topological polar surface area (TPSA) is 63.6 Å². The fourth-order valence-electron chi connectivity index (χ4n) is 2.69. The van der Waals surface area contributed by atoms with E-state index in [0.29, 0.717) is 16.7 Å². The summed E-state index contributed by atoms with van der Waals surface area (Å²) in [5.41, 5.74) is 1.62. The molecule has 0 saturated carbocycles. The zero-order valence-electron chi connectivity index (χ0n) is 13.9. The Hall–Kier alpha value is -2.38. The lowest BCUT2D eigenvalue weighted by atomic mass is 10.2. The van der Waals surface area contributed by atoms with Gasteiger partial charge in [0.25, 0.3) is 5.56 Å². The van der Waals surface area contributed by atoms with E-state index < -0.39 is 0 Å². The molecule has 0 amide bonds. The van der Waals surface area contributed by atoms with Crippen LogP contribution in [0, 0.1) is 0 Å². The van der Waals surface area contributed by atoms with Gasteiger partial charge in [0.15, 0.2) is 5.16 Å². The Morgan fingerprint density at radius 2 is 1.92 bits per heavy atom. The second-order valence-corrected chi connectivity index (χ2v) is 8.01. The van der Waals surface area contributed by atoms with E-state index in [-0.39, 0.29) is 10.8 Å². The van der Waals surface area contributed by atoms with E-state index in [2.05, 4.69) is 30.9 Å². The average molecular weight is 427 g/mol. The molecule has 130 valence electrons. The fourth-order valence-corrected chi connectivity index (χ4v) is 3.89. The highest BCUT2D eigenvalue weighted by Gasteiger charge is 2.16. The first-order valence-electron chi connectivity index (χ1n) is 8.07. The molecule has 0 fully saturated rings. The largest absolute Gasteiger partial charge is 0.309 e. The van der Waals surface area contributed by atoms with E-state index in [1.807, 2.05) is 60.2 Å². The normalized spacial score (nSPS) is 12.4. The maximum absolute atomic E-state index is 12.3. The molecule has 2 aromatic carbocycles. The maximum atomic E-state index is 12.3.